The van der Waals surface area contributed by atoms with Gasteiger partial charge in [0.15, 0.2) is 0 Å². The second kappa shape index (κ2) is 3.01. The van der Waals surface area contributed by atoms with Gasteiger partial charge in [0.25, 0.3) is 6.01 Å². The summed E-state index contributed by atoms with van der Waals surface area (Å²) in [7, 11) is 0. The summed E-state index contributed by atoms with van der Waals surface area (Å²) in [5.41, 5.74) is 6.97. The number of hydrogen-bond acceptors (Lipinski definition) is 3. The van der Waals surface area contributed by atoms with E-state index in [2.05, 4.69) is 25.8 Å². The Morgan fingerprint density at radius 2 is 2.14 bits per heavy atom. The Morgan fingerprint density at radius 1 is 1.43 bits per heavy atom. The van der Waals surface area contributed by atoms with Crippen molar-refractivity contribution < 1.29 is 4.42 Å². The molecule has 0 bridgehead atoms. The molecule has 1 atom stereocenters. The summed E-state index contributed by atoms with van der Waals surface area (Å²) in [4.78, 5) is 4.23. The Bertz CT molecular complexity index is 336. The maximum atomic E-state index is 5.54. The molecule has 2 N–H and O–H groups in total. The number of oxazole rings is 1. The molecule has 0 fully saturated rings. The molecule has 0 aliphatic heterocycles. The number of aromatic nitrogens is 1. The van der Waals surface area contributed by atoms with Crippen molar-refractivity contribution in [3.63, 3.8) is 0 Å². The highest BCUT2D eigenvalue weighted by atomic mass is 16.4. The maximum Gasteiger partial charge on any atom is 0.292 e. The molecular weight excluding hydrogens is 176 g/mol. The van der Waals surface area contributed by atoms with Crippen LogP contribution in [0.5, 0.6) is 0 Å². The van der Waals surface area contributed by atoms with Gasteiger partial charge in [0.2, 0.25) is 0 Å². The predicted octanol–water partition coefficient (Wildman–Crippen LogP) is 2.41. The van der Waals surface area contributed by atoms with Gasteiger partial charge in [-0.1, -0.05) is 20.8 Å². The van der Waals surface area contributed by atoms with Gasteiger partial charge in [-0.2, -0.15) is 4.98 Å². The SMILES string of the molecule is CC(C)(C)[C@@H]1CCc2oc(N)nc2C1. The van der Waals surface area contributed by atoms with Crippen LogP contribution >= 0.6 is 0 Å². The first kappa shape index (κ1) is 9.56. The summed E-state index contributed by atoms with van der Waals surface area (Å²) >= 11 is 0. The zero-order valence-electron chi connectivity index (χ0n) is 9.13. The topological polar surface area (TPSA) is 52.0 Å². The van der Waals surface area contributed by atoms with E-state index in [0.717, 1.165) is 24.3 Å². The number of anilines is 1. The number of nitrogens with zero attached hydrogens (tertiary/aromatic N) is 1. The molecule has 1 aliphatic carbocycles. The van der Waals surface area contributed by atoms with Crippen molar-refractivity contribution in [3.05, 3.63) is 11.5 Å². The summed E-state index contributed by atoms with van der Waals surface area (Å²) in [6, 6.07) is 0.324. The van der Waals surface area contributed by atoms with Crippen LogP contribution in [0.1, 0.15) is 38.6 Å². The third kappa shape index (κ3) is 1.63. The highest BCUT2D eigenvalue weighted by Crippen LogP contribution is 2.37. The van der Waals surface area contributed by atoms with E-state index >= 15 is 0 Å². The molecule has 0 spiro atoms. The molecule has 0 unspecified atom stereocenters. The Balaban J connectivity index is 2.21. The first-order valence-corrected chi connectivity index (χ1v) is 5.21. The van der Waals surface area contributed by atoms with Crippen LogP contribution in [0.4, 0.5) is 6.01 Å². The summed E-state index contributed by atoms with van der Waals surface area (Å²) in [6.07, 6.45) is 3.19. The van der Waals surface area contributed by atoms with Gasteiger partial charge >= 0.3 is 0 Å². The Labute approximate surface area is 84.7 Å². The molecular formula is C11H18N2O. The van der Waals surface area contributed by atoms with Gasteiger partial charge in [-0.3, -0.25) is 0 Å². The minimum Gasteiger partial charge on any atom is -0.429 e. The first-order chi connectivity index (χ1) is 6.47. The molecule has 1 aliphatic rings. The molecule has 14 heavy (non-hydrogen) atoms. The average molecular weight is 194 g/mol. The average Bonchev–Trinajstić information content (AvgIpc) is 2.41. The molecule has 1 aromatic rings. The van der Waals surface area contributed by atoms with E-state index in [1.165, 1.54) is 6.42 Å². The van der Waals surface area contributed by atoms with E-state index in [1.54, 1.807) is 0 Å². The molecule has 0 amide bonds. The number of fused-ring (bicyclic) bond motifs is 1. The van der Waals surface area contributed by atoms with Crippen LogP contribution in [-0.2, 0) is 12.8 Å². The normalized spacial score (nSPS) is 22.1. The van der Waals surface area contributed by atoms with E-state index in [9.17, 15) is 0 Å². The molecule has 0 saturated carbocycles. The van der Waals surface area contributed by atoms with E-state index in [0.29, 0.717) is 17.3 Å². The number of rotatable bonds is 0. The third-order valence-electron chi connectivity index (χ3n) is 3.18. The van der Waals surface area contributed by atoms with Gasteiger partial charge in [-0.25, -0.2) is 0 Å². The summed E-state index contributed by atoms with van der Waals surface area (Å²) in [5.74, 6) is 1.70. The van der Waals surface area contributed by atoms with Gasteiger partial charge in [0.1, 0.15) is 5.76 Å². The molecule has 1 heterocycles. The van der Waals surface area contributed by atoms with Gasteiger partial charge in [-0.05, 0) is 24.2 Å². The van der Waals surface area contributed by atoms with Crippen molar-refractivity contribution in [2.75, 3.05) is 5.73 Å². The van der Waals surface area contributed by atoms with Gasteiger partial charge in [0, 0.05) is 6.42 Å². The highest BCUT2D eigenvalue weighted by molar-refractivity contribution is 5.23. The van der Waals surface area contributed by atoms with Crippen LogP contribution in [0.25, 0.3) is 0 Å². The second-order valence-corrected chi connectivity index (χ2v) is 5.23. The molecule has 0 saturated heterocycles. The quantitative estimate of drug-likeness (QED) is 0.690. The Morgan fingerprint density at radius 3 is 2.79 bits per heavy atom. The van der Waals surface area contributed by atoms with Crippen molar-refractivity contribution in [2.24, 2.45) is 11.3 Å². The van der Waals surface area contributed by atoms with Crippen molar-refractivity contribution in [2.45, 2.75) is 40.0 Å². The lowest BCUT2D eigenvalue weighted by molar-refractivity contribution is 0.208. The minimum atomic E-state index is 0.324. The zero-order chi connectivity index (χ0) is 10.3. The summed E-state index contributed by atoms with van der Waals surface area (Å²) in [5, 5.41) is 0. The first-order valence-electron chi connectivity index (χ1n) is 5.21. The van der Waals surface area contributed by atoms with E-state index in [-0.39, 0.29) is 0 Å². The van der Waals surface area contributed by atoms with Crippen LogP contribution < -0.4 is 5.73 Å². The monoisotopic (exact) mass is 194 g/mol. The van der Waals surface area contributed by atoms with Crippen LogP contribution in [0.2, 0.25) is 0 Å². The van der Waals surface area contributed by atoms with Gasteiger partial charge < -0.3 is 10.2 Å². The fourth-order valence-corrected chi connectivity index (χ4v) is 2.14. The van der Waals surface area contributed by atoms with E-state index < -0.39 is 0 Å². The maximum absolute atomic E-state index is 5.54. The fraction of sp³-hybridized carbons (Fsp3) is 0.727. The molecule has 0 aromatic carbocycles. The summed E-state index contributed by atoms with van der Waals surface area (Å²) < 4.78 is 5.33. The van der Waals surface area contributed by atoms with Crippen LogP contribution in [0.15, 0.2) is 4.42 Å². The standard InChI is InChI=1S/C11H18N2O/c1-11(2,3)7-4-5-9-8(6-7)13-10(12)14-9/h7H,4-6H2,1-3H3,(H2,12,13)/t7-/m1/s1. The number of aryl methyl sites for hydroxylation is 1. The van der Waals surface area contributed by atoms with E-state index in [4.69, 9.17) is 10.2 Å². The van der Waals surface area contributed by atoms with Crippen LogP contribution in [0, 0.1) is 11.3 Å². The minimum absolute atomic E-state index is 0.324. The van der Waals surface area contributed by atoms with Crippen LogP contribution in [0.3, 0.4) is 0 Å². The second-order valence-electron chi connectivity index (χ2n) is 5.23. The lowest BCUT2D eigenvalue weighted by atomic mass is 9.73. The lowest BCUT2D eigenvalue weighted by Crippen LogP contribution is -2.26. The van der Waals surface area contributed by atoms with Gasteiger partial charge in [-0.15, -0.1) is 0 Å². The molecule has 0 radical (unpaired) electrons. The van der Waals surface area contributed by atoms with E-state index in [1.807, 2.05) is 0 Å². The van der Waals surface area contributed by atoms with Crippen LogP contribution in [-0.4, -0.2) is 4.98 Å². The smallest absolute Gasteiger partial charge is 0.292 e. The summed E-state index contributed by atoms with van der Waals surface area (Å²) in [6.45, 7) is 6.85. The van der Waals surface area contributed by atoms with Crippen molar-refractivity contribution in [1.82, 2.24) is 4.98 Å². The molecule has 78 valence electrons. The molecule has 3 heteroatoms. The third-order valence-corrected chi connectivity index (χ3v) is 3.18. The molecule has 2 rings (SSSR count). The number of nitrogen functional groups attached to an aromatic ring is 1. The van der Waals surface area contributed by atoms with Crippen molar-refractivity contribution in [1.29, 1.82) is 0 Å². The Hall–Kier alpha value is -0.990. The van der Waals surface area contributed by atoms with Gasteiger partial charge in [0.05, 0.1) is 5.69 Å². The highest BCUT2D eigenvalue weighted by Gasteiger charge is 2.31. The molecule has 3 nitrogen and oxygen atoms in total. The lowest BCUT2D eigenvalue weighted by Gasteiger charge is -2.32. The Kier molecular flexibility index (Phi) is 2.05. The largest absolute Gasteiger partial charge is 0.429 e. The van der Waals surface area contributed by atoms with Crippen molar-refractivity contribution in [3.8, 4) is 0 Å². The fourth-order valence-electron chi connectivity index (χ4n) is 2.14. The number of nitrogens with two attached hydrogens (primary N) is 1. The predicted molar refractivity (Wildman–Crippen MR) is 55.9 cm³/mol. The molecule has 1 aromatic heterocycles. The van der Waals surface area contributed by atoms with Crippen molar-refractivity contribution >= 4 is 6.01 Å². The number of hydrogen-bond donors (Lipinski definition) is 1. The zero-order valence-corrected chi connectivity index (χ0v) is 9.13.